The Morgan fingerprint density at radius 3 is 2.43 bits per heavy atom. The molecular formula is C17H20N2O3S. The van der Waals surface area contributed by atoms with E-state index < -0.39 is 10.0 Å². The van der Waals surface area contributed by atoms with Crippen LogP contribution >= 0.6 is 0 Å². The third kappa shape index (κ3) is 3.54. The first kappa shape index (κ1) is 16.0. The van der Waals surface area contributed by atoms with E-state index in [0.29, 0.717) is 38.2 Å². The van der Waals surface area contributed by atoms with Gasteiger partial charge in [-0.2, -0.15) is 0 Å². The van der Waals surface area contributed by atoms with Crippen LogP contribution in [0.4, 0.5) is 0 Å². The summed E-state index contributed by atoms with van der Waals surface area (Å²) in [7, 11) is -3.20. The van der Waals surface area contributed by atoms with Crippen LogP contribution in [0.2, 0.25) is 0 Å². The second-order valence-electron chi connectivity index (χ2n) is 5.87. The molecule has 1 aliphatic rings. The van der Waals surface area contributed by atoms with Crippen molar-refractivity contribution in [3.05, 3.63) is 48.0 Å². The molecule has 1 heterocycles. The van der Waals surface area contributed by atoms with E-state index in [-0.39, 0.29) is 5.91 Å². The van der Waals surface area contributed by atoms with Crippen LogP contribution in [0.15, 0.2) is 42.5 Å². The molecule has 6 heteroatoms. The predicted octanol–water partition coefficient (Wildman–Crippen LogP) is 1.95. The molecule has 1 fully saturated rings. The van der Waals surface area contributed by atoms with Gasteiger partial charge in [-0.15, -0.1) is 0 Å². The lowest BCUT2D eigenvalue weighted by atomic mass is 10.1. The molecule has 1 saturated heterocycles. The minimum absolute atomic E-state index is 0.0360. The lowest BCUT2D eigenvalue weighted by molar-refractivity contribution is 0.0764. The fourth-order valence-electron chi connectivity index (χ4n) is 2.93. The van der Waals surface area contributed by atoms with Gasteiger partial charge >= 0.3 is 0 Å². The van der Waals surface area contributed by atoms with Crippen LogP contribution in [0.1, 0.15) is 16.8 Å². The molecule has 1 amide bonds. The van der Waals surface area contributed by atoms with Gasteiger partial charge in [0.25, 0.3) is 5.91 Å². The van der Waals surface area contributed by atoms with Crippen LogP contribution in [0, 0.1) is 0 Å². The SMILES string of the molecule is CS(=O)(=O)N1CCCN(C(=O)c2ccc3ccccc3c2)CC1. The second-order valence-corrected chi connectivity index (χ2v) is 7.85. The van der Waals surface area contributed by atoms with Crippen molar-refractivity contribution >= 4 is 26.7 Å². The summed E-state index contributed by atoms with van der Waals surface area (Å²) in [6.07, 6.45) is 1.88. The first-order chi connectivity index (χ1) is 10.9. The van der Waals surface area contributed by atoms with Gasteiger partial charge in [-0.1, -0.05) is 30.3 Å². The number of benzene rings is 2. The van der Waals surface area contributed by atoms with Gasteiger partial charge in [0.15, 0.2) is 0 Å². The van der Waals surface area contributed by atoms with Crippen LogP contribution in [0.5, 0.6) is 0 Å². The minimum Gasteiger partial charge on any atom is -0.337 e. The summed E-state index contributed by atoms with van der Waals surface area (Å²) in [6.45, 7) is 1.84. The Labute approximate surface area is 136 Å². The van der Waals surface area contributed by atoms with Gasteiger partial charge in [-0.3, -0.25) is 4.79 Å². The smallest absolute Gasteiger partial charge is 0.253 e. The topological polar surface area (TPSA) is 57.7 Å². The molecule has 2 aromatic rings. The zero-order valence-electron chi connectivity index (χ0n) is 13.1. The number of nitrogens with zero attached hydrogens (tertiary/aromatic N) is 2. The summed E-state index contributed by atoms with van der Waals surface area (Å²) in [6, 6.07) is 13.6. The quantitative estimate of drug-likeness (QED) is 0.844. The molecule has 5 nitrogen and oxygen atoms in total. The van der Waals surface area contributed by atoms with E-state index in [1.54, 1.807) is 4.90 Å². The highest BCUT2D eigenvalue weighted by molar-refractivity contribution is 7.88. The molecule has 0 radical (unpaired) electrons. The Bertz CT molecular complexity index is 833. The van der Waals surface area contributed by atoms with Crippen LogP contribution in [-0.2, 0) is 10.0 Å². The maximum atomic E-state index is 12.7. The van der Waals surface area contributed by atoms with Crippen LogP contribution < -0.4 is 0 Å². The monoisotopic (exact) mass is 332 g/mol. The van der Waals surface area contributed by atoms with Crippen LogP contribution in [0.25, 0.3) is 10.8 Å². The molecule has 0 N–H and O–H groups in total. The maximum Gasteiger partial charge on any atom is 0.253 e. The van der Waals surface area contributed by atoms with E-state index in [0.717, 1.165) is 10.8 Å². The number of fused-ring (bicyclic) bond motifs is 1. The van der Waals surface area contributed by atoms with Gasteiger partial charge in [-0.25, -0.2) is 12.7 Å². The zero-order chi connectivity index (χ0) is 16.4. The average Bonchev–Trinajstić information content (AvgIpc) is 2.79. The van der Waals surface area contributed by atoms with Crippen LogP contribution in [0.3, 0.4) is 0 Å². The first-order valence-corrected chi connectivity index (χ1v) is 9.53. The Balaban J connectivity index is 1.79. The first-order valence-electron chi connectivity index (χ1n) is 7.68. The highest BCUT2D eigenvalue weighted by Gasteiger charge is 2.24. The number of hydrogen-bond donors (Lipinski definition) is 0. The van der Waals surface area contributed by atoms with Crippen molar-refractivity contribution in [1.82, 2.24) is 9.21 Å². The summed E-state index contributed by atoms with van der Waals surface area (Å²) in [5.74, 6) is -0.0360. The Morgan fingerprint density at radius 2 is 1.70 bits per heavy atom. The van der Waals surface area contributed by atoms with Crippen molar-refractivity contribution in [2.24, 2.45) is 0 Å². The van der Waals surface area contributed by atoms with E-state index in [9.17, 15) is 13.2 Å². The molecule has 0 bridgehead atoms. The zero-order valence-corrected chi connectivity index (χ0v) is 13.9. The molecule has 0 aromatic heterocycles. The van der Waals surface area contributed by atoms with Crippen LogP contribution in [-0.4, -0.2) is 56.0 Å². The number of carbonyl (C=O) groups is 1. The van der Waals surface area contributed by atoms with E-state index in [1.165, 1.54) is 10.6 Å². The average molecular weight is 332 g/mol. The van der Waals surface area contributed by atoms with Gasteiger partial charge < -0.3 is 4.90 Å². The normalized spacial score (nSPS) is 17.2. The third-order valence-corrected chi connectivity index (χ3v) is 5.51. The van der Waals surface area contributed by atoms with Crippen molar-refractivity contribution in [2.75, 3.05) is 32.4 Å². The standard InChI is InChI=1S/C17H20N2O3S/c1-23(21,22)19-10-4-9-18(11-12-19)17(20)16-8-7-14-5-2-3-6-15(14)13-16/h2-3,5-8,13H,4,9-12H2,1H3. The number of rotatable bonds is 2. The second kappa shape index (κ2) is 6.29. The summed E-state index contributed by atoms with van der Waals surface area (Å²) >= 11 is 0. The summed E-state index contributed by atoms with van der Waals surface area (Å²) < 4.78 is 24.8. The summed E-state index contributed by atoms with van der Waals surface area (Å²) in [5.41, 5.74) is 0.650. The third-order valence-electron chi connectivity index (χ3n) is 4.21. The Hall–Kier alpha value is -1.92. The number of carbonyl (C=O) groups excluding carboxylic acids is 1. The van der Waals surface area contributed by atoms with Gasteiger partial charge in [0, 0.05) is 31.7 Å². The van der Waals surface area contributed by atoms with E-state index in [4.69, 9.17) is 0 Å². The lowest BCUT2D eigenvalue weighted by Crippen LogP contribution is -2.36. The van der Waals surface area contributed by atoms with Crippen molar-refractivity contribution in [3.8, 4) is 0 Å². The van der Waals surface area contributed by atoms with Crippen molar-refractivity contribution < 1.29 is 13.2 Å². The molecule has 3 rings (SSSR count). The minimum atomic E-state index is -3.20. The van der Waals surface area contributed by atoms with Gasteiger partial charge in [0.2, 0.25) is 10.0 Å². The largest absolute Gasteiger partial charge is 0.337 e. The fourth-order valence-corrected chi connectivity index (χ4v) is 3.81. The Morgan fingerprint density at radius 1 is 0.957 bits per heavy atom. The highest BCUT2D eigenvalue weighted by Crippen LogP contribution is 2.18. The molecule has 1 aliphatic heterocycles. The number of amides is 1. The van der Waals surface area contributed by atoms with Gasteiger partial charge in [0.05, 0.1) is 6.26 Å². The van der Waals surface area contributed by atoms with E-state index >= 15 is 0 Å². The van der Waals surface area contributed by atoms with Gasteiger partial charge in [0.1, 0.15) is 0 Å². The molecule has 23 heavy (non-hydrogen) atoms. The Kier molecular flexibility index (Phi) is 4.37. The van der Waals surface area contributed by atoms with Crippen molar-refractivity contribution in [2.45, 2.75) is 6.42 Å². The van der Waals surface area contributed by atoms with E-state index in [1.807, 2.05) is 42.5 Å². The number of sulfonamides is 1. The predicted molar refractivity (Wildman–Crippen MR) is 90.9 cm³/mol. The molecule has 122 valence electrons. The molecule has 2 aromatic carbocycles. The maximum absolute atomic E-state index is 12.7. The van der Waals surface area contributed by atoms with E-state index in [2.05, 4.69) is 0 Å². The number of hydrogen-bond acceptors (Lipinski definition) is 3. The lowest BCUT2D eigenvalue weighted by Gasteiger charge is -2.21. The molecular weight excluding hydrogens is 312 g/mol. The molecule has 0 saturated carbocycles. The summed E-state index contributed by atoms with van der Waals surface area (Å²) in [5, 5.41) is 2.13. The van der Waals surface area contributed by atoms with Crippen molar-refractivity contribution in [1.29, 1.82) is 0 Å². The fraction of sp³-hybridized carbons (Fsp3) is 0.353. The highest BCUT2D eigenvalue weighted by atomic mass is 32.2. The van der Waals surface area contributed by atoms with Crippen molar-refractivity contribution in [3.63, 3.8) is 0 Å². The molecule has 0 atom stereocenters. The molecule has 0 unspecified atom stereocenters. The molecule has 0 spiro atoms. The summed E-state index contributed by atoms with van der Waals surface area (Å²) in [4.78, 5) is 14.5. The van der Waals surface area contributed by atoms with Gasteiger partial charge in [-0.05, 0) is 29.3 Å². The molecule has 0 aliphatic carbocycles.